The highest BCUT2D eigenvalue weighted by atomic mass is 31.1. The van der Waals surface area contributed by atoms with E-state index in [4.69, 9.17) is 15.4 Å². The van der Waals surface area contributed by atoms with Crippen molar-refractivity contribution in [3.05, 3.63) is 35.4 Å². The van der Waals surface area contributed by atoms with Gasteiger partial charge in [-0.2, -0.15) is 0 Å². The molecule has 124 valence electrons. The molecule has 1 aromatic rings. The van der Waals surface area contributed by atoms with E-state index in [-0.39, 0.29) is 6.16 Å². The van der Waals surface area contributed by atoms with Gasteiger partial charge in [-0.25, -0.2) is 0 Å². The molecule has 3 N–H and O–H groups in total. The van der Waals surface area contributed by atoms with Crippen LogP contribution in [0.4, 0.5) is 0 Å². The third kappa shape index (κ3) is 8.98. The van der Waals surface area contributed by atoms with Gasteiger partial charge in [0.15, 0.2) is 0 Å². The highest BCUT2D eigenvalue weighted by Gasteiger charge is 2.05. The van der Waals surface area contributed by atoms with Crippen LogP contribution in [-0.2, 0) is 26.8 Å². The van der Waals surface area contributed by atoms with E-state index in [2.05, 4.69) is 24.3 Å². The van der Waals surface area contributed by atoms with Crippen molar-refractivity contribution in [1.82, 2.24) is 0 Å². The summed E-state index contributed by atoms with van der Waals surface area (Å²) < 4.78 is 16.2. The molecule has 0 heterocycles. The van der Waals surface area contributed by atoms with Gasteiger partial charge in [0.2, 0.25) is 8.03 Å². The second-order valence-corrected chi connectivity index (χ2v) is 6.72. The summed E-state index contributed by atoms with van der Waals surface area (Å²) in [6, 6.07) is 8.42. The van der Waals surface area contributed by atoms with E-state index < -0.39 is 14.0 Å². The zero-order valence-corrected chi connectivity index (χ0v) is 13.9. The van der Waals surface area contributed by atoms with E-state index in [1.165, 1.54) is 5.56 Å². The Balaban J connectivity index is 1.97. The van der Waals surface area contributed by atoms with Crippen LogP contribution in [0.15, 0.2) is 24.3 Å². The van der Waals surface area contributed by atoms with Crippen LogP contribution in [-0.4, -0.2) is 23.8 Å². The van der Waals surface area contributed by atoms with Gasteiger partial charge in [0.1, 0.15) is 6.16 Å². The SMILES string of the molecule is NCc1ccc(CCCCCCCO[PH](=O)CC(=O)O)cc1. The Morgan fingerprint density at radius 3 is 2.27 bits per heavy atom. The topological polar surface area (TPSA) is 89.6 Å². The molecule has 1 atom stereocenters. The summed E-state index contributed by atoms with van der Waals surface area (Å²) in [6.07, 6.45) is 5.99. The molecular weight excluding hydrogens is 301 g/mol. The Bertz CT molecular complexity index is 462. The third-order valence-corrected chi connectivity index (χ3v) is 4.54. The van der Waals surface area contributed by atoms with Crippen LogP contribution >= 0.6 is 8.03 Å². The second-order valence-electron chi connectivity index (χ2n) is 5.33. The summed E-state index contributed by atoms with van der Waals surface area (Å²) in [5.41, 5.74) is 8.06. The summed E-state index contributed by atoms with van der Waals surface area (Å²) in [6.45, 7) is 0.979. The Labute approximate surface area is 132 Å². The van der Waals surface area contributed by atoms with Gasteiger partial charge in [-0.3, -0.25) is 9.36 Å². The van der Waals surface area contributed by atoms with Crippen molar-refractivity contribution < 1.29 is 19.0 Å². The first-order chi connectivity index (χ1) is 10.6. The van der Waals surface area contributed by atoms with Crippen LogP contribution in [0.5, 0.6) is 0 Å². The number of aliphatic carboxylic acids is 1. The lowest BCUT2D eigenvalue weighted by Gasteiger charge is -2.04. The average Bonchev–Trinajstić information content (AvgIpc) is 2.49. The average molecular weight is 327 g/mol. The van der Waals surface area contributed by atoms with E-state index in [1.54, 1.807) is 0 Å². The molecule has 1 rings (SSSR count). The minimum atomic E-state index is -2.39. The van der Waals surface area contributed by atoms with Gasteiger partial charge >= 0.3 is 5.97 Å². The Morgan fingerprint density at radius 1 is 1.05 bits per heavy atom. The lowest BCUT2D eigenvalue weighted by atomic mass is 10.0. The predicted octanol–water partition coefficient (Wildman–Crippen LogP) is 3.21. The molecule has 0 aliphatic heterocycles. The summed E-state index contributed by atoms with van der Waals surface area (Å²) in [4.78, 5) is 10.3. The third-order valence-electron chi connectivity index (χ3n) is 3.43. The van der Waals surface area contributed by atoms with E-state index in [1.807, 2.05) is 0 Å². The van der Waals surface area contributed by atoms with Gasteiger partial charge in [0, 0.05) is 6.54 Å². The number of carbonyl (C=O) groups is 1. The standard InChI is InChI=1S/C16H26NO4P/c17-12-15-9-7-14(8-10-15)6-4-2-1-3-5-11-21-22(20)13-16(18)19/h7-10,22H,1-6,11-13,17H2,(H,18,19). The van der Waals surface area contributed by atoms with E-state index in [9.17, 15) is 9.36 Å². The molecule has 0 aliphatic rings. The number of benzene rings is 1. The minimum Gasteiger partial charge on any atom is -0.481 e. The van der Waals surface area contributed by atoms with Crippen LogP contribution in [0.25, 0.3) is 0 Å². The summed E-state index contributed by atoms with van der Waals surface area (Å²) in [5.74, 6) is -1.07. The Morgan fingerprint density at radius 2 is 1.64 bits per heavy atom. The van der Waals surface area contributed by atoms with E-state index >= 15 is 0 Å². The van der Waals surface area contributed by atoms with Crippen molar-refractivity contribution in [3.63, 3.8) is 0 Å². The van der Waals surface area contributed by atoms with Gasteiger partial charge in [-0.1, -0.05) is 43.5 Å². The zero-order valence-electron chi connectivity index (χ0n) is 12.9. The number of hydrogen-bond donors (Lipinski definition) is 2. The van der Waals surface area contributed by atoms with Crippen LogP contribution < -0.4 is 5.73 Å². The van der Waals surface area contributed by atoms with E-state index in [0.29, 0.717) is 13.2 Å². The molecule has 5 nitrogen and oxygen atoms in total. The predicted molar refractivity (Wildman–Crippen MR) is 88.6 cm³/mol. The molecule has 0 bridgehead atoms. The number of nitrogens with two attached hydrogens (primary N) is 1. The first-order valence-electron chi connectivity index (χ1n) is 7.77. The molecule has 1 aromatic carbocycles. The number of hydrogen-bond acceptors (Lipinski definition) is 4. The largest absolute Gasteiger partial charge is 0.481 e. The summed E-state index contributed by atoms with van der Waals surface area (Å²) in [7, 11) is -2.39. The van der Waals surface area contributed by atoms with Crippen molar-refractivity contribution >= 4 is 14.0 Å². The van der Waals surface area contributed by atoms with Crippen LogP contribution in [0.2, 0.25) is 0 Å². The van der Waals surface area contributed by atoms with E-state index in [0.717, 1.165) is 44.1 Å². The van der Waals surface area contributed by atoms with Gasteiger partial charge in [0.05, 0.1) is 6.61 Å². The van der Waals surface area contributed by atoms with Crippen molar-refractivity contribution in [2.45, 2.75) is 45.1 Å². The molecule has 0 aromatic heterocycles. The Hall–Kier alpha value is -1.16. The minimum absolute atomic E-state index is 0.367. The monoisotopic (exact) mass is 327 g/mol. The smallest absolute Gasteiger partial charge is 0.312 e. The fourth-order valence-corrected chi connectivity index (χ4v) is 2.89. The number of aryl methyl sites for hydroxylation is 1. The molecule has 22 heavy (non-hydrogen) atoms. The molecule has 0 radical (unpaired) electrons. The highest BCUT2D eigenvalue weighted by molar-refractivity contribution is 7.40. The van der Waals surface area contributed by atoms with Crippen LogP contribution in [0.3, 0.4) is 0 Å². The van der Waals surface area contributed by atoms with Gasteiger partial charge < -0.3 is 15.4 Å². The maximum absolute atomic E-state index is 11.2. The van der Waals surface area contributed by atoms with Crippen molar-refractivity contribution in [1.29, 1.82) is 0 Å². The maximum atomic E-state index is 11.2. The lowest BCUT2D eigenvalue weighted by molar-refractivity contribution is -0.134. The molecule has 0 saturated carbocycles. The van der Waals surface area contributed by atoms with Crippen molar-refractivity contribution in [3.8, 4) is 0 Å². The zero-order chi connectivity index (χ0) is 16.2. The summed E-state index contributed by atoms with van der Waals surface area (Å²) in [5, 5.41) is 8.45. The molecule has 0 fully saturated rings. The van der Waals surface area contributed by atoms with Crippen molar-refractivity contribution in [2.24, 2.45) is 5.73 Å². The number of rotatable bonds is 12. The second kappa shape index (κ2) is 11.4. The van der Waals surface area contributed by atoms with Gasteiger partial charge in [-0.15, -0.1) is 0 Å². The number of carboxylic acid groups (broad SMARTS) is 1. The Kier molecular flexibility index (Phi) is 9.80. The van der Waals surface area contributed by atoms with Crippen LogP contribution in [0, 0.1) is 0 Å². The normalized spacial score (nSPS) is 12.2. The maximum Gasteiger partial charge on any atom is 0.312 e. The molecule has 0 amide bonds. The van der Waals surface area contributed by atoms with Gasteiger partial charge in [0.25, 0.3) is 0 Å². The molecule has 1 unspecified atom stereocenters. The quantitative estimate of drug-likeness (QED) is 0.454. The van der Waals surface area contributed by atoms with Crippen LogP contribution in [0.1, 0.15) is 43.2 Å². The molecule has 0 saturated heterocycles. The summed E-state index contributed by atoms with van der Waals surface area (Å²) >= 11 is 0. The van der Waals surface area contributed by atoms with Crippen molar-refractivity contribution in [2.75, 3.05) is 12.8 Å². The van der Waals surface area contributed by atoms with Gasteiger partial charge in [-0.05, 0) is 30.4 Å². The fraction of sp³-hybridized carbons (Fsp3) is 0.562. The molecule has 0 aliphatic carbocycles. The first-order valence-corrected chi connectivity index (χ1v) is 9.29. The number of carboxylic acids is 1. The molecule has 0 spiro atoms. The number of unbranched alkanes of at least 4 members (excludes halogenated alkanes) is 4. The molecule has 6 heteroatoms. The first kappa shape index (κ1) is 18.9. The lowest BCUT2D eigenvalue weighted by Crippen LogP contribution is -1.99. The molecular formula is C16H26NO4P. The fourth-order valence-electron chi connectivity index (χ4n) is 2.16. The highest BCUT2D eigenvalue weighted by Crippen LogP contribution is 2.22.